The van der Waals surface area contributed by atoms with Gasteiger partial charge in [-0.15, -0.1) is 0 Å². The van der Waals surface area contributed by atoms with E-state index in [2.05, 4.69) is 14.9 Å². The van der Waals surface area contributed by atoms with Crippen LogP contribution in [-0.2, 0) is 19.6 Å². The summed E-state index contributed by atoms with van der Waals surface area (Å²) in [5.74, 6) is -0.626. The summed E-state index contributed by atoms with van der Waals surface area (Å²) in [5, 5.41) is 9.01. The highest BCUT2D eigenvalue weighted by molar-refractivity contribution is 5.87. The number of carboxylic acids is 1. The molecule has 6 nitrogen and oxygen atoms in total. The largest absolute Gasteiger partial charge is 0.478 e. The van der Waals surface area contributed by atoms with Crippen LogP contribution in [0.2, 0.25) is 0 Å². The van der Waals surface area contributed by atoms with Crippen molar-refractivity contribution in [3.63, 3.8) is 0 Å². The fourth-order valence-electron chi connectivity index (χ4n) is 3.30. The number of rotatable bonds is 4. The smallest absolute Gasteiger partial charge is 0.335 e. The van der Waals surface area contributed by atoms with Crippen molar-refractivity contribution in [3.8, 4) is 11.3 Å². The first-order valence-corrected chi connectivity index (χ1v) is 8.35. The Balaban J connectivity index is 1.58. The van der Waals surface area contributed by atoms with E-state index in [1.165, 1.54) is 0 Å². The lowest BCUT2D eigenvalue weighted by Crippen LogP contribution is -2.15. The Morgan fingerprint density at radius 1 is 1.04 bits per heavy atom. The molecule has 0 saturated heterocycles. The number of hydrogen-bond acceptors (Lipinski definition) is 5. The zero-order chi connectivity index (χ0) is 18.1. The minimum Gasteiger partial charge on any atom is -0.478 e. The molecule has 0 bridgehead atoms. The van der Waals surface area contributed by atoms with E-state index in [1.807, 2.05) is 42.5 Å². The van der Waals surface area contributed by atoms with E-state index in [-0.39, 0.29) is 5.95 Å². The third kappa shape index (κ3) is 3.14. The van der Waals surface area contributed by atoms with Crippen LogP contribution in [0.15, 0.2) is 54.6 Å². The molecule has 2 aromatic carbocycles. The maximum atomic E-state index is 11.0. The summed E-state index contributed by atoms with van der Waals surface area (Å²) in [6, 6.07) is 17.0. The first-order chi connectivity index (χ1) is 12.6. The normalized spacial score (nSPS) is 13.5. The Morgan fingerprint density at radius 3 is 2.46 bits per heavy atom. The van der Waals surface area contributed by atoms with Gasteiger partial charge in [-0.3, -0.25) is 4.90 Å². The Kier molecular flexibility index (Phi) is 4.10. The standard InChI is InChI=1S/C20H18N4O2/c21-20-22-17-12-24(10-13-6-8-15(9-7-13)19(25)26)11-16(17)18(23-20)14-4-2-1-3-5-14/h1-9H,10-12H2,(H,25,26)(H2,21,22,23). The number of benzene rings is 2. The summed E-state index contributed by atoms with van der Waals surface area (Å²) < 4.78 is 0. The van der Waals surface area contributed by atoms with Crippen LogP contribution in [0.1, 0.15) is 27.2 Å². The molecular weight excluding hydrogens is 328 g/mol. The highest BCUT2D eigenvalue weighted by Crippen LogP contribution is 2.31. The molecule has 130 valence electrons. The minimum absolute atomic E-state index is 0.287. The summed E-state index contributed by atoms with van der Waals surface area (Å²) in [7, 11) is 0. The molecule has 0 spiro atoms. The quantitative estimate of drug-likeness (QED) is 0.754. The summed E-state index contributed by atoms with van der Waals surface area (Å²) in [5.41, 5.74) is 11.3. The van der Waals surface area contributed by atoms with Crippen LogP contribution >= 0.6 is 0 Å². The summed E-state index contributed by atoms with van der Waals surface area (Å²) in [4.78, 5) is 22.1. The van der Waals surface area contributed by atoms with Crippen molar-refractivity contribution in [2.75, 3.05) is 5.73 Å². The lowest BCUT2D eigenvalue weighted by Gasteiger charge is -2.14. The zero-order valence-electron chi connectivity index (χ0n) is 14.1. The molecule has 26 heavy (non-hydrogen) atoms. The van der Waals surface area contributed by atoms with Gasteiger partial charge in [-0.2, -0.15) is 0 Å². The highest BCUT2D eigenvalue weighted by atomic mass is 16.4. The van der Waals surface area contributed by atoms with Crippen molar-refractivity contribution in [1.82, 2.24) is 14.9 Å². The van der Waals surface area contributed by atoms with E-state index in [1.54, 1.807) is 12.1 Å². The number of nitrogens with zero attached hydrogens (tertiary/aromatic N) is 3. The van der Waals surface area contributed by atoms with Crippen LogP contribution in [0.25, 0.3) is 11.3 Å². The van der Waals surface area contributed by atoms with Crippen molar-refractivity contribution in [1.29, 1.82) is 0 Å². The van der Waals surface area contributed by atoms with E-state index in [4.69, 9.17) is 10.8 Å². The van der Waals surface area contributed by atoms with Crippen molar-refractivity contribution in [2.24, 2.45) is 0 Å². The molecule has 3 N–H and O–H groups in total. The second-order valence-electron chi connectivity index (χ2n) is 6.37. The average Bonchev–Trinajstić information content (AvgIpc) is 3.04. The van der Waals surface area contributed by atoms with Crippen LogP contribution in [-0.4, -0.2) is 25.9 Å². The van der Waals surface area contributed by atoms with Crippen molar-refractivity contribution < 1.29 is 9.90 Å². The number of hydrogen-bond donors (Lipinski definition) is 2. The Bertz CT molecular complexity index is 956. The first kappa shape index (κ1) is 16.2. The molecular formula is C20H18N4O2. The van der Waals surface area contributed by atoms with Gasteiger partial charge < -0.3 is 10.8 Å². The van der Waals surface area contributed by atoms with Crippen LogP contribution in [0.4, 0.5) is 5.95 Å². The molecule has 1 aliphatic heterocycles. The summed E-state index contributed by atoms with van der Waals surface area (Å²) >= 11 is 0. The monoisotopic (exact) mass is 346 g/mol. The zero-order valence-corrected chi connectivity index (χ0v) is 14.1. The number of anilines is 1. The molecule has 1 aromatic heterocycles. The SMILES string of the molecule is Nc1nc2c(c(-c3ccccc3)n1)CN(Cc1ccc(C(=O)O)cc1)C2. The summed E-state index contributed by atoms with van der Waals surface area (Å²) in [6.45, 7) is 2.15. The maximum absolute atomic E-state index is 11.0. The average molecular weight is 346 g/mol. The number of carbonyl (C=O) groups is 1. The third-order valence-electron chi connectivity index (χ3n) is 4.52. The van der Waals surface area contributed by atoms with E-state index >= 15 is 0 Å². The van der Waals surface area contributed by atoms with Crippen molar-refractivity contribution >= 4 is 11.9 Å². The van der Waals surface area contributed by atoms with E-state index in [0.717, 1.165) is 34.6 Å². The van der Waals surface area contributed by atoms with Gasteiger partial charge >= 0.3 is 5.97 Å². The molecule has 4 rings (SSSR count). The maximum Gasteiger partial charge on any atom is 0.335 e. The molecule has 0 amide bonds. The molecule has 2 heterocycles. The number of nitrogen functional groups attached to an aromatic ring is 1. The van der Waals surface area contributed by atoms with Gasteiger partial charge in [0.05, 0.1) is 17.0 Å². The minimum atomic E-state index is -0.914. The van der Waals surface area contributed by atoms with E-state index in [9.17, 15) is 4.79 Å². The Morgan fingerprint density at radius 2 is 1.77 bits per heavy atom. The van der Waals surface area contributed by atoms with Crippen LogP contribution in [0, 0.1) is 0 Å². The van der Waals surface area contributed by atoms with Gasteiger partial charge in [0.25, 0.3) is 0 Å². The topological polar surface area (TPSA) is 92.3 Å². The molecule has 1 aliphatic rings. The van der Waals surface area contributed by atoms with E-state index in [0.29, 0.717) is 18.7 Å². The predicted molar refractivity (Wildman–Crippen MR) is 98.2 cm³/mol. The fraction of sp³-hybridized carbons (Fsp3) is 0.150. The number of nitrogens with two attached hydrogens (primary N) is 1. The molecule has 0 radical (unpaired) electrons. The molecule has 3 aromatic rings. The molecule has 0 aliphatic carbocycles. The van der Waals surface area contributed by atoms with Gasteiger partial charge in [-0.25, -0.2) is 14.8 Å². The third-order valence-corrected chi connectivity index (χ3v) is 4.52. The summed E-state index contributed by atoms with van der Waals surface area (Å²) in [6.07, 6.45) is 0. The number of aromatic carboxylic acids is 1. The van der Waals surface area contributed by atoms with Gasteiger partial charge in [-0.1, -0.05) is 42.5 Å². The van der Waals surface area contributed by atoms with E-state index < -0.39 is 5.97 Å². The van der Waals surface area contributed by atoms with Crippen LogP contribution in [0.3, 0.4) is 0 Å². The molecule has 0 unspecified atom stereocenters. The lowest BCUT2D eigenvalue weighted by molar-refractivity contribution is 0.0697. The molecule has 0 atom stereocenters. The lowest BCUT2D eigenvalue weighted by atomic mass is 10.1. The van der Waals surface area contributed by atoms with Gasteiger partial charge in [0.1, 0.15) is 0 Å². The van der Waals surface area contributed by atoms with Gasteiger partial charge in [0, 0.05) is 30.8 Å². The second-order valence-corrected chi connectivity index (χ2v) is 6.37. The Hall–Kier alpha value is -3.25. The first-order valence-electron chi connectivity index (χ1n) is 8.35. The Labute approximate surface area is 150 Å². The number of carboxylic acid groups (broad SMARTS) is 1. The highest BCUT2D eigenvalue weighted by Gasteiger charge is 2.25. The van der Waals surface area contributed by atoms with Crippen molar-refractivity contribution in [3.05, 3.63) is 77.0 Å². The molecule has 6 heteroatoms. The fourth-order valence-corrected chi connectivity index (χ4v) is 3.30. The van der Waals surface area contributed by atoms with Crippen LogP contribution in [0.5, 0.6) is 0 Å². The number of aromatic nitrogens is 2. The van der Waals surface area contributed by atoms with Gasteiger partial charge in [0.2, 0.25) is 5.95 Å². The van der Waals surface area contributed by atoms with Crippen LogP contribution < -0.4 is 5.73 Å². The van der Waals surface area contributed by atoms with Crippen molar-refractivity contribution in [2.45, 2.75) is 19.6 Å². The number of fused-ring (bicyclic) bond motifs is 1. The molecule has 0 fully saturated rings. The molecule has 0 saturated carbocycles. The van der Waals surface area contributed by atoms with Gasteiger partial charge in [0.15, 0.2) is 0 Å². The van der Waals surface area contributed by atoms with Gasteiger partial charge in [-0.05, 0) is 17.7 Å². The second kappa shape index (κ2) is 6.57. The predicted octanol–water partition coefficient (Wildman–Crippen LogP) is 2.94.